The number of hydrogen-bond donors (Lipinski definition) is 2. The van der Waals surface area contributed by atoms with Crippen LogP contribution in [0.5, 0.6) is 0 Å². The summed E-state index contributed by atoms with van der Waals surface area (Å²) in [5, 5.41) is 2.33. The zero-order valence-corrected chi connectivity index (χ0v) is 8.50. The van der Waals surface area contributed by atoms with Gasteiger partial charge in [0, 0.05) is 5.56 Å². The summed E-state index contributed by atoms with van der Waals surface area (Å²) in [6.45, 7) is -0.237. The number of amides is 1. The van der Waals surface area contributed by atoms with E-state index in [1.54, 1.807) is 6.07 Å². The molecule has 15 heavy (non-hydrogen) atoms. The Hall–Kier alpha value is -1.79. The second-order valence-corrected chi connectivity index (χ2v) is 3.06. The molecule has 0 bridgehead atoms. The third-order valence-corrected chi connectivity index (χ3v) is 1.64. The first-order valence-corrected chi connectivity index (χ1v) is 4.52. The van der Waals surface area contributed by atoms with Gasteiger partial charge in [0.15, 0.2) is 0 Å². The molecular weight excluding hydrogens is 188 g/mol. The highest BCUT2D eigenvalue weighted by atomic mass is 16.1. The lowest BCUT2D eigenvalue weighted by Gasteiger charge is -1.94. The largest absolute Gasteiger partial charge is 0.369 e. The zero-order valence-electron chi connectivity index (χ0n) is 10.5. The second-order valence-electron chi connectivity index (χ2n) is 3.06. The van der Waals surface area contributed by atoms with Gasteiger partial charge in [0.2, 0.25) is 5.91 Å². The van der Waals surface area contributed by atoms with Crippen molar-refractivity contribution >= 4 is 5.91 Å². The predicted molar refractivity (Wildman–Crippen MR) is 60.1 cm³/mol. The summed E-state index contributed by atoms with van der Waals surface area (Å²) >= 11 is 0. The van der Waals surface area contributed by atoms with Crippen LogP contribution in [0.25, 0.3) is 0 Å². The van der Waals surface area contributed by atoms with Gasteiger partial charge in [-0.15, -0.1) is 0 Å². The predicted octanol–water partition coefficient (Wildman–Crippen LogP) is 0.421. The van der Waals surface area contributed by atoms with Gasteiger partial charge in [-0.2, -0.15) is 0 Å². The van der Waals surface area contributed by atoms with Gasteiger partial charge in [-0.3, -0.25) is 10.1 Å². The fraction of sp³-hybridized carbons (Fsp3) is 0.250. The second kappa shape index (κ2) is 5.84. The van der Waals surface area contributed by atoms with Crippen molar-refractivity contribution in [1.82, 2.24) is 5.32 Å². The van der Waals surface area contributed by atoms with Crippen molar-refractivity contribution in [2.24, 2.45) is 5.73 Å². The van der Waals surface area contributed by atoms with Gasteiger partial charge in [-0.1, -0.05) is 24.0 Å². The van der Waals surface area contributed by atoms with Crippen LogP contribution in [-0.2, 0) is 4.79 Å². The summed E-state index contributed by atoms with van der Waals surface area (Å²) in [5.74, 6) is 4.51. The van der Waals surface area contributed by atoms with E-state index in [-0.39, 0.29) is 6.54 Å². The van der Waals surface area contributed by atoms with Crippen LogP contribution < -0.4 is 11.1 Å². The molecule has 78 valence electrons. The molecule has 0 saturated heterocycles. The molecule has 0 radical (unpaired) electrons. The average molecular weight is 204 g/mol. The standard InChI is InChI=1S/C12H14N2O/c1-10-4-2-5-11(8-10)6-3-7-14-9-12(13)15/h2,4-5,8,14H,7,9H2,1H3,(H2,13,15)/i7D2. The van der Waals surface area contributed by atoms with E-state index in [2.05, 4.69) is 17.2 Å². The summed E-state index contributed by atoms with van der Waals surface area (Å²) in [6.07, 6.45) is 0. The number of primary amides is 1. The molecule has 1 rings (SSSR count). The highest BCUT2D eigenvalue weighted by Crippen LogP contribution is 2.01. The SMILES string of the molecule is [2H]C([2H])(C#Cc1cccc(C)c1)NCC(N)=O. The highest BCUT2D eigenvalue weighted by Gasteiger charge is 1.89. The van der Waals surface area contributed by atoms with E-state index in [0.717, 1.165) is 11.1 Å². The number of aryl methyl sites for hydroxylation is 1. The molecule has 0 saturated carbocycles. The molecule has 3 heteroatoms. The van der Waals surface area contributed by atoms with Crippen molar-refractivity contribution in [3.05, 3.63) is 35.4 Å². The maximum Gasteiger partial charge on any atom is 0.231 e. The molecule has 1 aromatic rings. The van der Waals surface area contributed by atoms with Crippen molar-refractivity contribution in [2.45, 2.75) is 6.92 Å². The molecule has 1 amide bonds. The Bertz CT molecular complexity index is 475. The number of benzene rings is 1. The van der Waals surface area contributed by atoms with Gasteiger partial charge in [0.05, 0.1) is 15.8 Å². The van der Waals surface area contributed by atoms with Crippen LogP contribution in [0.2, 0.25) is 0 Å². The molecule has 0 aromatic heterocycles. The average Bonchev–Trinajstić information content (AvgIpc) is 2.24. The molecule has 0 aliphatic rings. The minimum Gasteiger partial charge on any atom is -0.369 e. The Morgan fingerprint density at radius 3 is 3.13 bits per heavy atom. The third-order valence-electron chi connectivity index (χ3n) is 1.64. The van der Waals surface area contributed by atoms with E-state index in [1.807, 2.05) is 25.1 Å². The van der Waals surface area contributed by atoms with Gasteiger partial charge >= 0.3 is 0 Å². The number of nitrogens with one attached hydrogen (secondary N) is 1. The van der Waals surface area contributed by atoms with Crippen molar-refractivity contribution in [3.63, 3.8) is 0 Å². The number of nitrogens with two attached hydrogens (primary N) is 1. The van der Waals surface area contributed by atoms with Crippen LogP contribution in [0.15, 0.2) is 24.3 Å². The van der Waals surface area contributed by atoms with Gasteiger partial charge in [0.1, 0.15) is 0 Å². The molecule has 0 atom stereocenters. The molecule has 0 fully saturated rings. The van der Waals surface area contributed by atoms with Crippen LogP contribution >= 0.6 is 0 Å². The number of rotatable bonds is 3. The first-order chi connectivity index (χ1) is 7.89. The Labute approximate surface area is 92.5 Å². The first kappa shape index (κ1) is 8.51. The van der Waals surface area contributed by atoms with Crippen LogP contribution in [0, 0.1) is 18.8 Å². The summed E-state index contributed by atoms with van der Waals surface area (Å²) in [6, 6.07) is 7.44. The zero-order chi connectivity index (χ0) is 12.9. The van der Waals surface area contributed by atoms with E-state index >= 15 is 0 Å². The van der Waals surface area contributed by atoms with Crippen LogP contribution in [0.1, 0.15) is 13.9 Å². The van der Waals surface area contributed by atoms with Crippen molar-refractivity contribution in [3.8, 4) is 11.8 Å². The molecule has 3 nitrogen and oxygen atoms in total. The highest BCUT2D eigenvalue weighted by molar-refractivity contribution is 5.75. The van der Waals surface area contributed by atoms with Gasteiger partial charge < -0.3 is 5.73 Å². The lowest BCUT2D eigenvalue weighted by atomic mass is 10.1. The Morgan fingerprint density at radius 2 is 2.47 bits per heavy atom. The molecule has 0 aliphatic carbocycles. The van der Waals surface area contributed by atoms with Crippen molar-refractivity contribution < 1.29 is 7.54 Å². The number of hydrogen-bond acceptors (Lipinski definition) is 2. The van der Waals surface area contributed by atoms with Crippen LogP contribution in [-0.4, -0.2) is 18.9 Å². The van der Waals surface area contributed by atoms with E-state index in [4.69, 9.17) is 8.48 Å². The number of carbonyl (C=O) groups is 1. The minimum absolute atomic E-state index is 0.241. The van der Waals surface area contributed by atoms with Crippen molar-refractivity contribution in [1.29, 1.82) is 0 Å². The summed E-state index contributed by atoms with van der Waals surface area (Å²) in [4.78, 5) is 10.5. The normalized spacial score (nSPS) is 12.1. The first-order valence-electron chi connectivity index (χ1n) is 5.52. The minimum atomic E-state index is -1.93. The van der Waals surface area contributed by atoms with Gasteiger partial charge in [-0.05, 0) is 24.6 Å². The number of carbonyl (C=O) groups excluding carboxylic acids is 1. The van der Waals surface area contributed by atoms with Crippen LogP contribution in [0.3, 0.4) is 0 Å². The monoisotopic (exact) mass is 204 g/mol. The van der Waals surface area contributed by atoms with Gasteiger partial charge in [0.25, 0.3) is 0 Å². The van der Waals surface area contributed by atoms with E-state index < -0.39 is 12.4 Å². The Balaban J connectivity index is 2.73. The summed E-state index contributed by atoms with van der Waals surface area (Å²) in [7, 11) is 0. The lowest BCUT2D eigenvalue weighted by molar-refractivity contribution is -0.117. The van der Waals surface area contributed by atoms with E-state index in [0.29, 0.717) is 0 Å². The van der Waals surface area contributed by atoms with Crippen molar-refractivity contribution in [2.75, 3.05) is 13.0 Å². The third kappa shape index (κ3) is 4.84. The Morgan fingerprint density at radius 1 is 1.67 bits per heavy atom. The molecular formula is C12H14N2O. The molecule has 0 spiro atoms. The Kier molecular flexibility index (Phi) is 3.31. The summed E-state index contributed by atoms with van der Waals surface area (Å²) < 4.78 is 15.0. The molecule has 3 N–H and O–H groups in total. The molecule has 1 aromatic carbocycles. The maximum absolute atomic E-state index is 10.5. The topological polar surface area (TPSA) is 55.1 Å². The fourth-order valence-electron chi connectivity index (χ4n) is 1.00. The van der Waals surface area contributed by atoms with Gasteiger partial charge in [-0.25, -0.2) is 0 Å². The van der Waals surface area contributed by atoms with Crippen LogP contribution in [0.4, 0.5) is 0 Å². The fourth-order valence-corrected chi connectivity index (χ4v) is 1.00. The smallest absolute Gasteiger partial charge is 0.231 e. The summed E-state index contributed by atoms with van der Waals surface area (Å²) in [5.41, 5.74) is 6.70. The van der Waals surface area contributed by atoms with E-state index in [1.165, 1.54) is 0 Å². The maximum atomic E-state index is 10.5. The molecule has 0 heterocycles. The van der Waals surface area contributed by atoms with E-state index in [9.17, 15) is 4.79 Å². The molecule has 0 aliphatic heterocycles. The molecule has 0 unspecified atom stereocenters. The quantitative estimate of drug-likeness (QED) is 0.701. The lowest BCUT2D eigenvalue weighted by Crippen LogP contribution is -2.28.